The van der Waals surface area contributed by atoms with Crippen molar-refractivity contribution in [3.63, 3.8) is 0 Å². The van der Waals surface area contributed by atoms with Gasteiger partial charge in [0.15, 0.2) is 11.8 Å². The molecule has 0 atom stereocenters. The summed E-state index contributed by atoms with van der Waals surface area (Å²) in [6.07, 6.45) is 3.01. The first kappa shape index (κ1) is 16.7. The molecular weight excluding hydrogens is 280 g/mol. The Bertz CT molecular complexity index is 476. The van der Waals surface area contributed by atoms with Gasteiger partial charge in [0.25, 0.3) is 0 Å². The lowest BCUT2D eigenvalue weighted by Crippen LogP contribution is -2.50. The van der Waals surface area contributed by atoms with Gasteiger partial charge in [0.05, 0.1) is 0 Å². The first-order chi connectivity index (χ1) is 10.6. The molecule has 0 spiro atoms. The van der Waals surface area contributed by atoms with Crippen molar-refractivity contribution in [2.75, 3.05) is 26.7 Å². The van der Waals surface area contributed by atoms with Gasteiger partial charge in [-0.3, -0.25) is 4.99 Å². The molecule has 0 bridgehead atoms. The number of hydrogen-bond acceptors (Lipinski definition) is 5. The van der Waals surface area contributed by atoms with Crippen molar-refractivity contribution >= 4 is 5.96 Å². The van der Waals surface area contributed by atoms with E-state index in [2.05, 4.69) is 44.5 Å². The minimum Gasteiger partial charge on any atom is -0.356 e. The minimum absolute atomic E-state index is 0.492. The summed E-state index contributed by atoms with van der Waals surface area (Å²) in [5.74, 6) is 2.18. The number of rotatable bonds is 5. The second kappa shape index (κ2) is 8.12. The van der Waals surface area contributed by atoms with Gasteiger partial charge < -0.3 is 20.1 Å². The van der Waals surface area contributed by atoms with Gasteiger partial charge in [-0.25, -0.2) is 0 Å². The minimum atomic E-state index is 0.492. The Hall–Kier alpha value is -1.63. The van der Waals surface area contributed by atoms with Crippen LogP contribution in [-0.4, -0.2) is 59.8 Å². The normalized spacial score (nSPS) is 18.0. The number of nitrogens with one attached hydrogen (secondary N) is 2. The van der Waals surface area contributed by atoms with Crippen LogP contribution in [0.5, 0.6) is 0 Å². The highest BCUT2D eigenvalue weighted by atomic mass is 16.5. The summed E-state index contributed by atoms with van der Waals surface area (Å²) in [7, 11) is 1.80. The highest BCUT2D eigenvalue weighted by Gasteiger charge is 2.21. The van der Waals surface area contributed by atoms with Crippen LogP contribution < -0.4 is 10.6 Å². The van der Waals surface area contributed by atoms with E-state index >= 15 is 0 Å². The molecule has 1 aliphatic rings. The van der Waals surface area contributed by atoms with Crippen LogP contribution in [0.25, 0.3) is 0 Å². The lowest BCUT2D eigenvalue weighted by molar-refractivity contribution is 0.167. The Balaban J connectivity index is 1.69. The third-order valence-electron chi connectivity index (χ3n) is 4.03. The van der Waals surface area contributed by atoms with Crippen molar-refractivity contribution in [1.29, 1.82) is 0 Å². The zero-order valence-electron chi connectivity index (χ0n) is 14.1. The fourth-order valence-corrected chi connectivity index (χ4v) is 2.68. The quantitative estimate of drug-likeness (QED) is 0.623. The topological polar surface area (TPSA) is 78.6 Å². The third-order valence-corrected chi connectivity index (χ3v) is 4.03. The van der Waals surface area contributed by atoms with Gasteiger partial charge >= 0.3 is 0 Å². The Morgan fingerprint density at radius 1 is 1.41 bits per heavy atom. The van der Waals surface area contributed by atoms with Crippen molar-refractivity contribution in [1.82, 2.24) is 25.7 Å². The Morgan fingerprint density at radius 3 is 2.68 bits per heavy atom. The first-order valence-corrected chi connectivity index (χ1v) is 8.09. The van der Waals surface area contributed by atoms with E-state index in [1.165, 1.54) is 0 Å². The van der Waals surface area contributed by atoms with Crippen LogP contribution in [0.2, 0.25) is 0 Å². The molecular formula is C15H28N6O. The molecule has 7 nitrogen and oxygen atoms in total. The number of piperidine rings is 1. The number of aryl methyl sites for hydroxylation is 1. The third kappa shape index (κ3) is 4.98. The molecule has 0 saturated carbocycles. The number of aromatic nitrogens is 2. The second-order valence-electron chi connectivity index (χ2n) is 6.03. The molecule has 2 heterocycles. The summed E-state index contributed by atoms with van der Waals surface area (Å²) >= 11 is 0. The summed E-state index contributed by atoms with van der Waals surface area (Å²) < 4.78 is 5.10. The SMILES string of the molecule is CN=C(NCCc1nc(C)no1)NC1CCN(C(C)C)CC1. The summed E-state index contributed by atoms with van der Waals surface area (Å²) in [6.45, 7) is 9.36. The average Bonchev–Trinajstić information content (AvgIpc) is 2.92. The van der Waals surface area contributed by atoms with E-state index in [-0.39, 0.29) is 0 Å². The highest BCUT2D eigenvalue weighted by molar-refractivity contribution is 5.79. The maximum Gasteiger partial charge on any atom is 0.228 e. The largest absolute Gasteiger partial charge is 0.356 e. The van der Waals surface area contributed by atoms with Crippen molar-refractivity contribution in [3.05, 3.63) is 11.7 Å². The monoisotopic (exact) mass is 308 g/mol. The van der Waals surface area contributed by atoms with Crippen LogP contribution in [0.1, 0.15) is 38.4 Å². The molecule has 2 rings (SSSR count). The number of nitrogens with zero attached hydrogens (tertiary/aromatic N) is 4. The summed E-state index contributed by atoms with van der Waals surface area (Å²) in [6, 6.07) is 1.13. The van der Waals surface area contributed by atoms with E-state index in [0.29, 0.717) is 30.2 Å². The van der Waals surface area contributed by atoms with E-state index < -0.39 is 0 Å². The maximum absolute atomic E-state index is 5.10. The lowest BCUT2D eigenvalue weighted by atomic mass is 10.0. The molecule has 1 saturated heterocycles. The van der Waals surface area contributed by atoms with Crippen molar-refractivity contribution in [2.45, 2.75) is 52.1 Å². The number of likely N-dealkylation sites (tertiary alicyclic amines) is 1. The fraction of sp³-hybridized carbons (Fsp3) is 0.800. The standard InChI is InChI=1S/C15H28N6O/c1-11(2)21-9-6-13(7-10-21)19-15(16-4)17-8-5-14-18-12(3)20-22-14/h11,13H,5-10H2,1-4H3,(H2,16,17,19). The lowest BCUT2D eigenvalue weighted by Gasteiger charge is -2.35. The van der Waals surface area contributed by atoms with Crippen LogP contribution in [0.4, 0.5) is 0 Å². The molecule has 1 aromatic heterocycles. The molecule has 1 fully saturated rings. The Morgan fingerprint density at radius 2 is 2.14 bits per heavy atom. The van der Waals surface area contributed by atoms with Gasteiger partial charge in [0.2, 0.25) is 5.89 Å². The summed E-state index contributed by atoms with van der Waals surface area (Å²) in [5.41, 5.74) is 0. The maximum atomic E-state index is 5.10. The molecule has 2 N–H and O–H groups in total. The molecule has 0 amide bonds. The fourth-order valence-electron chi connectivity index (χ4n) is 2.68. The molecule has 7 heteroatoms. The first-order valence-electron chi connectivity index (χ1n) is 8.09. The van der Waals surface area contributed by atoms with E-state index in [4.69, 9.17) is 4.52 Å². The van der Waals surface area contributed by atoms with E-state index in [1.807, 2.05) is 6.92 Å². The molecule has 0 unspecified atom stereocenters. The van der Waals surface area contributed by atoms with E-state index in [0.717, 1.165) is 38.4 Å². The number of guanidine groups is 1. The molecule has 1 aromatic rings. The predicted molar refractivity (Wildman–Crippen MR) is 87.0 cm³/mol. The highest BCUT2D eigenvalue weighted by Crippen LogP contribution is 2.12. The van der Waals surface area contributed by atoms with Crippen molar-refractivity contribution in [3.8, 4) is 0 Å². The zero-order valence-corrected chi connectivity index (χ0v) is 14.1. The van der Waals surface area contributed by atoms with Crippen molar-refractivity contribution in [2.24, 2.45) is 4.99 Å². The average molecular weight is 308 g/mol. The van der Waals surface area contributed by atoms with Gasteiger partial charge in [-0.1, -0.05) is 5.16 Å². The molecule has 0 aromatic carbocycles. The molecule has 124 valence electrons. The van der Waals surface area contributed by atoms with Crippen LogP contribution in [0, 0.1) is 6.92 Å². The van der Waals surface area contributed by atoms with Gasteiger partial charge in [-0.2, -0.15) is 4.98 Å². The van der Waals surface area contributed by atoms with E-state index in [1.54, 1.807) is 7.05 Å². The van der Waals surface area contributed by atoms with Gasteiger partial charge in [-0.15, -0.1) is 0 Å². The number of hydrogen-bond donors (Lipinski definition) is 2. The molecule has 0 radical (unpaired) electrons. The molecule has 1 aliphatic heterocycles. The summed E-state index contributed by atoms with van der Waals surface area (Å²) in [5, 5.41) is 10.6. The predicted octanol–water partition coefficient (Wildman–Crippen LogP) is 0.958. The van der Waals surface area contributed by atoms with Crippen LogP contribution >= 0.6 is 0 Å². The number of aliphatic imine (C=N–C) groups is 1. The summed E-state index contributed by atoms with van der Waals surface area (Å²) in [4.78, 5) is 11.0. The van der Waals surface area contributed by atoms with Crippen LogP contribution in [0.15, 0.2) is 9.52 Å². The van der Waals surface area contributed by atoms with Gasteiger partial charge in [0, 0.05) is 45.2 Å². The Labute approximate surface area is 132 Å². The smallest absolute Gasteiger partial charge is 0.228 e. The van der Waals surface area contributed by atoms with Crippen LogP contribution in [0.3, 0.4) is 0 Å². The van der Waals surface area contributed by atoms with Crippen molar-refractivity contribution < 1.29 is 4.52 Å². The molecule has 22 heavy (non-hydrogen) atoms. The second-order valence-corrected chi connectivity index (χ2v) is 6.03. The molecule has 0 aliphatic carbocycles. The van der Waals surface area contributed by atoms with E-state index in [9.17, 15) is 0 Å². The van der Waals surface area contributed by atoms with Gasteiger partial charge in [0.1, 0.15) is 0 Å². The zero-order chi connectivity index (χ0) is 15.9. The van der Waals surface area contributed by atoms with Gasteiger partial charge in [-0.05, 0) is 33.6 Å². The Kier molecular flexibility index (Phi) is 6.18. The van der Waals surface area contributed by atoms with Crippen LogP contribution in [-0.2, 0) is 6.42 Å².